The minimum Gasteiger partial charge on any atom is -0.465 e. The van der Waals surface area contributed by atoms with Gasteiger partial charge in [-0.3, -0.25) is 4.90 Å². The van der Waals surface area contributed by atoms with Crippen LogP contribution in [0.25, 0.3) is 0 Å². The molecule has 2 aliphatic rings. The number of anilines is 1. The molecule has 3 amide bonds. The first kappa shape index (κ1) is 13.2. The normalized spacial score (nSPS) is 22.1. The molecule has 1 aromatic carbocycles. The molecule has 0 aromatic heterocycles. The number of benzene rings is 1. The molecule has 7 heteroatoms. The van der Waals surface area contributed by atoms with E-state index in [2.05, 4.69) is 15.9 Å². The van der Waals surface area contributed by atoms with E-state index in [4.69, 9.17) is 5.11 Å². The molecule has 1 atom stereocenters. The van der Waals surface area contributed by atoms with Crippen molar-refractivity contribution in [1.82, 2.24) is 9.80 Å². The van der Waals surface area contributed by atoms with Crippen LogP contribution in [0.2, 0.25) is 0 Å². The quantitative estimate of drug-likeness (QED) is 0.851. The highest BCUT2D eigenvalue weighted by atomic mass is 79.9. The molecule has 3 rings (SSSR count). The van der Waals surface area contributed by atoms with Crippen LogP contribution in [0.3, 0.4) is 0 Å². The molecule has 1 N–H and O–H groups in total. The number of carbonyl (C=O) groups excluding carboxylic acids is 1. The fourth-order valence-corrected chi connectivity index (χ4v) is 2.98. The van der Waals surface area contributed by atoms with E-state index in [1.165, 1.54) is 4.90 Å². The number of rotatable bonds is 1. The van der Waals surface area contributed by atoms with Crippen LogP contribution in [0.15, 0.2) is 28.7 Å². The monoisotopic (exact) mass is 339 g/mol. The number of piperazine rings is 1. The molecule has 2 heterocycles. The summed E-state index contributed by atoms with van der Waals surface area (Å²) in [7, 11) is 0. The number of amides is 3. The third kappa shape index (κ3) is 2.22. The zero-order valence-corrected chi connectivity index (χ0v) is 12.3. The standard InChI is InChI=1S/C13H14BrN3O3/c14-9-1-3-10(4-2-9)17-8-11-7-15(13(19)20)5-6-16(11)12(17)18/h1-4,11H,5-8H2,(H,19,20)/t11-/m0/s1. The Kier molecular flexibility index (Phi) is 3.29. The maximum atomic E-state index is 12.4. The fraction of sp³-hybridized carbons (Fsp3) is 0.385. The topological polar surface area (TPSA) is 64.1 Å². The van der Waals surface area contributed by atoms with Gasteiger partial charge in [-0.1, -0.05) is 15.9 Å². The van der Waals surface area contributed by atoms with Crippen molar-refractivity contribution in [3.8, 4) is 0 Å². The first-order valence-corrected chi connectivity index (χ1v) is 7.17. The summed E-state index contributed by atoms with van der Waals surface area (Å²) in [5.74, 6) is 0. The summed E-state index contributed by atoms with van der Waals surface area (Å²) in [6.45, 7) is 1.76. The molecule has 6 nitrogen and oxygen atoms in total. The summed E-state index contributed by atoms with van der Waals surface area (Å²) in [5.41, 5.74) is 0.842. The Morgan fingerprint density at radius 3 is 2.55 bits per heavy atom. The molecule has 20 heavy (non-hydrogen) atoms. The molecule has 106 valence electrons. The van der Waals surface area contributed by atoms with E-state index in [-0.39, 0.29) is 12.1 Å². The maximum absolute atomic E-state index is 12.4. The van der Waals surface area contributed by atoms with E-state index >= 15 is 0 Å². The lowest BCUT2D eigenvalue weighted by Crippen LogP contribution is -2.53. The second-order valence-corrected chi connectivity index (χ2v) is 5.86. The van der Waals surface area contributed by atoms with E-state index in [0.717, 1.165) is 10.2 Å². The van der Waals surface area contributed by atoms with Crippen LogP contribution in [-0.4, -0.2) is 59.3 Å². The molecule has 2 fully saturated rings. The first-order valence-electron chi connectivity index (χ1n) is 6.38. The number of carboxylic acid groups (broad SMARTS) is 1. The number of hydrogen-bond acceptors (Lipinski definition) is 2. The van der Waals surface area contributed by atoms with Crippen LogP contribution in [0.5, 0.6) is 0 Å². The zero-order valence-electron chi connectivity index (χ0n) is 10.7. The van der Waals surface area contributed by atoms with Gasteiger partial charge in [0.1, 0.15) is 0 Å². The zero-order chi connectivity index (χ0) is 14.3. The Morgan fingerprint density at radius 2 is 1.90 bits per heavy atom. The van der Waals surface area contributed by atoms with Gasteiger partial charge in [-0.2, -0.15) is 0 Å². The van der Waals surface area contributed by atoms with Gasteiger partial charge in [0, 0.05) is 36.3 Å². The smallest absolute Gasteiger partial charge is 0.407 e. The number of hydrogen-bond donors (Lipinski definition) is 1. The summed E-state index contributed by atoms with van der Waals surface area (Å²) < 4.78 is 0.961. The Balaban J connectivity index is 1.79. The maximum Gasteiger partial charge on any atom is 0.407 e. The Morgan fingerprint density at radius 1 is 1.20 bits per heavy atom. The average molecular weight is 340 g/mol. The van der Waals surface area contributed by atoms with E-state index in [1.54, 1.807) is 9.80 Å². The Hall–Kier alpha value is -1.76. The lowest BCUT2D eigenvalue weighted by Gasteiger charge is -2.34. The molecule has 0 radical (unpaired) electrons. The number of fused-ring (bicyclic) bond motifs is 1. The summed E-state index contributed by atoms with van der Waals surface area (Å²) in [6, 6.07) is 7.45. The number of halogens is 1. The van der Waals surface area contributed by atoms with Crippen molar-refractivity contribution in [1.29, 1.82) is 0 Å². The fourth-order valence-electron chi connectivity index (χ4n) is 2.72. The van der Waals surface area contributed by atoms with Crippen molar-refractivity contribution < 1.29 is 14.7 Å². The van der Waals surface area contributed by atoms with Gasteiger partial charge in [-0.15, -0.1) is 0 Å². The lowest BCUT2D eigenvalue weighted by atomic mass is 10.2. The highest BCUT2D eigenvalue weighted by Gasteiger charge is 2.42. The van der Waals surface area contributed by atoms with Crippen LogP contribution >= 0.6 is 15.9 Å². The summed E-state index contributed by atoms with van der Waals surface area (Å²) >= 11 is 3.37. The second kappa shape index (κ2) is 4.97. The Bertz CT molecular complexity index is 548. The van der Waals surface area contributed by atoms with Gasteiger partial charge in [0.25, 0.3) is 0 Å². The third-order valence-electron chi connectivity index (χ3n) is 3.76. The van der Waals surface area contributed by atoms with Crippen LogP contribution in [-0.2, 0) is 0 Å². The van der Waals surface area contributed by atoms with Crippen LogP contribution in [0, 0.1) is 0 Å². The second-order valence-electron chi connectivity index (χ2n) is 4.95. The van der Waals surface area contributed by atoms with E-state index < -0.39 is 6.09 Å². The molecule has 2 aliphatic heterocycles. The predicted octanol–water partition coefficient (Wildman–Crippen LogP) is 2.05. The lowest BCUT2D eigenvalue weighted by molar-refractivity contribution is 0.0997. The van der Waals surface area contributed by atoms with Crippen molar-refractivity contribution in [3.63, 3.8) is 0 Å². The van der Waals surface area contributed by atoms with Crippen LogP contribution in [0.4, 0.5) is 15.3 Å². The molecular weight excluding hydrogens is 326 g/mol. The average Bonchev–Trinajstić information content (AvgIpc) is 2.76. The van der Waals surface area contributed by atoms with Crippen LogP contribution < -0.4 is 4.90 Å². The molecule has 0 unspecified atom stereocenters. The van der Waals surface area contributed by atoms with E-state index in [1.807, 2.05) is 24.3 Å². The molecule has 0 aliphatic carbocycles. The van der Waals surface area contributed by atoms with Crippen molar-refractivity contribution in [2.45, 2.75) is 6.04 Å². The van der Waals surface area contributed by atoms with Gasteiger partial charge in [0.05, 0.1) is 6.04 Å². The largest absolute Gasteiger partial charge is 0.465 e. The van der Waals surface area contributed by atoms with Gasteiger partial charge in [-0.25, -0.2) is 9.59 Å². The molecule has 0 bridgehead atoms. The van der Waals surface area contributed by atoms with E-state index in [0.29, 0.717) is 26.2 Å². The summed E-state index contributed by atoms with van der Waals surface area (Å²) in [4.78, 5) is 28.2. The molecular formula is C13H14BrN3O3. The number of urea groups is 1. The van der Waals surface area contributed by atoms with Gasteiger partial charge in [-0.05, 0) is 24.3 Å². The van der Waals surface area contributed by atoms with Crippen molar-refractivity contribution in [2.75, 3.05) is 31.1 Å². The van der Waals surface area contributed by atoms with E-state index in [9.17, 15) is 9.59 Å². The molecule has 1 aromatic rings. The minimum atomic E-state index is -0.917. The number of nitrogens with zero attached hydrogens (tertiary/aromatic N) is 3. The van der Waals surface area contributed by atoms with Gasteiger partial charge in [0.2, 0.25) is 0 Å². The Labute approximate surface area is 124 Å². The third-order valence-corrected chi connectivity index (χ3v) is 4.29. The van der Waals surface area contributed by atoms with Crippen molar-refractivity contribution in [3.05, 3.63) is 28.7 Å². The van der Waals surface area contributed by atoms with Gasteiger partial charge in [0.15, 0.2) is 0 Å². The summed E-state index contributed by atoms with van der Waals surface area (Å²) in [5, 5.41) is 9.04. The van der Waals surface area contributed by atoms with Gasteiger partial charge >= 0.3 is 12.1 Å². The number of carbonyl (C=O) groups is 2. The van der Waals surface area contributed by atoms with Crippen LogP contribution in [0.1, 0.15) is 0 Å². The summed E-state index contributed by atoms with van der Waals surface area (Å²) in [6.07, 6.45) is -0.917. The highest BCUT2D eigenvalue weighted by molar-refractivity contribution is 9.10. The molecule has 2 saturated heterocycles. The molecule has 0 spiro atoms. The highest BCUT2D eigenvalue weighted by Crippen LogP contribution is 2.27. The van der Waals surface area contributed by atoms with Gasteiger partial charge < -0.3 is 14.9 Å². The predicted molar refractivity (Wildman–Crippen MR) is 77.0 cm³/mol. The van der Waals surface area contributed by atoms with Crippen molar-refractivity contribution >= 4 is 33.7 Å². The minimum absolute atomic E-state index is 0.0395. The molecule has 0 saturated carbocycles. The first-order chi connectivity index (χ1) is 9.56. The SMILES string of the molecule is O=C(O)N1CCN2C(=O)N(c3ccc(Br)cc3)C[C@@H]2C1. The van der Waals surface area contributed by atoms with Crippen molar-refractivity contribution in [2.24, 2.45) is 0 Å².